The molecule has 1 aliphatic rings. The first kappa shape index (κ1) is 17.6. The molecule has 1 aliphatic heterocycles. The van der Waals surface area contributed by atoms with Crippen molar-refractivity contribution in [1.82, 2.24) is 5.32 Å². The monoisotopic (exact) mass is 355 g/mol. The van der Waals surface area contributed by atoms with Crippen molar-refractivity contribution in [2.75, 3.05) is 14.2 Å². The van der Waals surface area contributed by atoms with Crippen LogP contribution in [0.15, 0.2) is 33.3 Å². The van der Waals surface area contributed by atoms with Crippen LogP contribution in [0.3, 0.4) is 0 Å². The Kier molecular flexibility index (Phi) is 5.64. The van der Waals surface area contributed by atoms with Crippen LogP contribution in [0.25, 0.3) is 0 Å². The van der Waals surface area contributed by atoms with Gasteiger partial charge in [0.2, 0.25) is 5.82 Å². The number of rotatable bonds is 4. The summed E-state index contributed by atoms with van der Waals surface area (Å²) in [6.07, 6.45) is 1.99. The topological polar surface area (TPSA) is 89.3 Å². The van der Waals surface area contributed by atoms with E-state index >= 15 is 0 Å². The van der Waals surface area contributed by atoms with Crippen molar-refractivity contribution >= 4 is 35.0 Å². The number of benzene rings is 1. The number of halogens is 2. The molecule has 0 aliphatic carbocycles. The van der Waals surface area contributed by atoms with Gasteiger partial charge in [0, 0.05) is 11.6 Å². The van der Waals surface area contributed by atoms with Crippen molar-refractivity contribution in [1.29, 1.82) is 0 Å². The highest BCUT2D eigenvalue weighted by atomic mass is 32.2. The number of amides is 1. The molecule has 1 heterocycles. The number of amidine groups is 1. The summed E-state index contributed by atoms with van der Waals surface area (Å²) in [5.74, 6) is -3.73. The maximum absolute atomic E-state index is 13.7. The van der Waals surface area contributed by atoms with Gasteiger partial charge in [-0.1, -0.05) is 0 Å². The smallest absolute Gasteiger partial charge is 0.331 e. The largest absolute Gasteiger partial charge is 0.494 e. The van der Waals surface area contributed by atoms with E-state index in [2.05, 4.69) is 25.0 Å². The van der Waals surface area contributed by atoms with Crippen molar-refractivity contribution in [3.63, 3.8) is 0 Å². The number of nitrogens with one attached hydrogen (secondary N) is 1. The Bertz CT molecular complexity index is 778. The van der Waals surface area contributed by atoms with E-state index in [4.69, 9.17) is 0 Å². The molecule has 2 rings (SSSR count). The highest BCUT2D eigenvalue weighted by molar-refractivity contribution is 8.18. The van der Waals surface area contributed by atoms with Crippen LogP contribution in [0.2, 0.25) is 0 Å². The lowest BCUT2D eigenvalue weighted by Crippen LogP contribution is -2.19. The normalized spacial score (nSPS) is 17.6. The number of ether oxygens (including phenoxy) is 2. The summed E-state index contributed by atoms with van der Waals surface area (Å²) in [5, 5.41) is 9.70. The second-order valence-electron chi connectivity index (χ2n) is 4.22. The first-order valence-corrected chi connectivity index (χ1v) is 7.19. The van der Waals surface area contributed by atoms with E-state index < -0.39 is 23.5 Å². The molecule has 1 N–H and O–H groups in total. The van der Waals surface area contributed by atoms with Crippen LogP contribution in [0.4, 0.5) is 8.78 Å². The lowest BCUT2D eigenvalue weighted by atomic mass is 10.2. The van der Waals surface area contributed by atoms with Crippen molar-refractivity contribution in [3.05, 3.63) is 40.3 Å². The van der Waals surface area contributed by atoms with E-state index in [-0.39, 0.29) is 21.4 Å². The predicted molar refractivity (Wildman–Crippen MR) is 83.8 cm³/mol. The van der Waals surface area contributed by atoms with Crippen molar-refractivity contribution in [2.45, 2.75) is 0 Å². The molecule has 0 atom stereocenters. The summed E-state index contributed by atoms with van der Waals surface area (Å²) in [5.41, 5.74) is -0.141. The highest BCUT2D eigenvalue weighted by Gasteiger charge is 2.25. The first-order chi connectivity index (χ1) is 11.5. The van der Waals surface area contributed by atoms with Gasteiger partial charge in [0.25, 0.3) is 5.91 Å². The number of carbonyl (C=O) groups excluding carboxylic acids is 2. The zero-order valence-electron chi connectivity index (χ0n) is 12.5. The third-order valence-electron chi connectivity index (χ3n) is 2.74. The molecule has 1 fully saturated rings. The second kappa shape index (κ2) is 7.68. The standard InChI is InChI=1S/C14H11F2N3O4S/c1-22-8-4-3-7(11(15)12(8)16)6-17-19-14-18-13(21)9(24-14)5-10(20)23-2/h3-6H,1-2H3,(H,18,19,21)/b9-5+,17-6?. The third kappa shape index (κ3) is 3.96. The molecule has 0 spiro atoms. The van der Waals surface area contributed by atoms with E-state index in [1.807, 2.05) is 0 Å². The molecule has 0 saturated carbocycles. The van der Waals surface area contributed by atoms with Crippen LogP contribution in [0.1, 0.15) is 5.56 Å². The van der Waals surface area contributed by atoms with Crippen LogP contribution in [-0.2, 0) is 14.3 Å². The quantitative estimate of drug-likeness (QED) is 0.383. The molecule has 0 unspecified atom stereocenters. The molecule has 7 nitrogen and oxygen atoms in total. The van der Waals surface area contributed by atoms with Gasteiger partial charge < -0.3 is 9.47 Å². The Balaban J connectivity index is 2.13. The van der Waals surface area contributed by atoms with Crippen molar-refractivity contribution < 1.29 is 27.8 Å². The average molecular weight is 355 g/mol. The fourth-order valence-corrected chi connectivity index (χ4v) is 2.33. The Morgan fingerprint density at radius 3 is 2.71 bits per heavy atom. The van der Waals surface area contributed by atoms with Crippen molar-refractivity contribution in [2.24, 2.45) is 10.2 Å². The highest BCUT2D eigenvalue weighted by Crippen LogP contribution is 2.24. The summed E-state index contributed by atoms with van der Waals surface area (Å²) in [6.45, 7) is 0. The van der Waals surface area contributed by atoms with Gasteiger partial charge in [-0.3, -0.25) is 10.1 Å². The van der Waals surface area contributed by atoms with Gasteiger partial charge in [0.1, 0.15) is 0 Å². The van der Waals surface area contributed by atoms with Crippen LogP contribution in [-0.4, -0.2) is 37.5 Å². The lowest BCUT2D eigenvalue weighted by Gasteiger charge is -2.03. The van der Waals surface area contributed by atoms with Gasteiger partial charge >= 0.3 is 5.97 Å². The number of hydrogen-bond acceptors (Lipinski definition) is 7. The van der Waals surface area contributed by atoms with Gasteiger partial charge in [-0.15, -0.1) is 5.10 Å². The van der Waals surface area contributed by atoms with Crippen LogP contribution >= 0.6 is 11.8 Å². The maximum Gasteiger partial charge on any atom is 0.331 e. The SMILES string of the molecule is COC(=O)/C=C1/S/C(=N\N=Cc2ccc(OC)c(F)c2F)NC1=O. The van der Waals surface area contributed by atoms with Gasteiger partial charge in [0.15, 0.2) is 16.7 Å². The summed E-state index contributed by atoms with van der Waals surface area (Å²) in [7, 11) is 2.40. The summed E-state index contributed by atoms with van der Waals surface area (Å²) < 4.78 is 36.3. The molecule has 1 saturated heterocycles. The number of nitrogens with zero attached hydrogens (tertiary/aromatic N) is 2. The van der Waals surface area contributed by atoms with Crippen LogP contribution in [0, 0.1) is 11.6 Å². The van der Waals surface area contributed by atoms with E-state index in [9.17, 15) is 18.4 Å². The Labute approximate surface area is 139 Å². The van der Waals surface area contributed by atoms with E-state index in [0.29, 0.717) is 0 Å². The zero-order valence-corrected chi connectivity index (χ0v) is 13.3. The molecule has 0 aromatic heterocycles. The summed E-state index contributed by atoms with van der Waals surface area (Å²) in [4.78, 5) is 22.7. The van der Waals surface area contributed by atoms with Crippen LogP contribution in [0.5, 0.6) is 5.75 Å². The first-order valence-electron chi connectivity index (χ1n) is 6.38. The molecule has 1 amide bonds. The molecule has 126 valence electrons. The Hall–Kier alpha value is -2.75. The number of thioether (sulfide) groups is 1. The molecule has 24 heavy (non-hydrogen) atoms. The minimum Gasteiger partial charge on any atom is -0.494 e. The maximum atomic E-state index is 13.7. The number of hydrogen-bond donors (Lipinski definition) is 1. The summed E-state index contributed by atoms with van der Waals surface area (Å²) in [6, 6.07) is 2.51. The second-order valence-corrected chi connectivity index (χ2v) is 5.25. The minimum atomic E-state index is -1.14. The summed E-state index contributed by atoms with van der Waals surface area (Å²) >= 11 is 0.859. The number of methoxy groups -OCH3 is 2. The molecule has 1 aromatic rings. The molecular formula is C14H11F2N3O4S. The van der Waals surface area contributed by atoms with Crippen molar-refractivity contribution in [3.8, 4) is 5.75 Å². The third-order valence-corrected chi connectivity index (χ3v) is 3.64. The Morgan fingerprint density at radius 2 is 2.04 bits per heavy atom. The molecule has 10 heteroatoms. The molecular weight excluding hydrogens is 344 g/mol. The minimum absolute atomic E-state index is 0.0810. The molecule has 1 aromatic carbocycles. The molecule has 0 bridgehead atoms. The molecule has 0 radical (unpaired) electrons. The van der Waals surface area contributed by atoms with E-state index in [1.54, 1.807) is 0 Å². The van der Waals surface area contributed by atoms with Crippen LogP contribution < -0.4 is 10.1 Å². The fourth-order valence-electron chi connectivity index (χ4n) is 1.59. The van der Waals surface area contributed by atoms with Gasteiger partial charge in [-0.05, 0) is 23.9 Å². The van der Waals surface area contributed by atoms with Gasteiger partial charge in [0.05, 0.1) is 25.3 Å². The zero-order chi connectivity index (χ0) is 17.7. The predicted octanol–water partition coefficient (Wildman–Crippen LogP) is 1.58. The average Bonchev–Trinajstić information content (AvgIpc) is 2.91. The van der Waals surface area contributed by atoms with E-state index in [0.717, 1.165) is 24.1 Å². The lowest BCUT2D eigenvalue weighted by molar-refractivity contribution is -0.135. The van der Waals surface area contributed by atoms with Gasteiger partial charge in [-0.2, -0.15) is 9.49 Å². The van der Waals surface area contributed by atoms with Gasteiger partial charge in [-0.25, -0.2) is 9.18 Å². The van der Waals surface area contributed by atoms with E-state index in [1.165, 1.54) is 26.4 Å². The Morgan fingerprint density at radius 1 is 1.29 bits per heavy atom. The number of carbonyl (C=O) groups is 2. The fraction of sp³-hybridized carbons (Fsp3) is 0.143. The number of esters is 1.